The standard InChI is InChI=1S/C18H18ClN2O2.HI/c1-13-20(10-11-23-14(2)22)18-12-15(19)8-9-17(18)21(13)16-6-4-3-5-7-16;/h3-9,12H,10-11H2,1-2H3;1H/q+1;/p-1. The van der Waals surface area contributed by atoms with Gasteiger partial charge in [0.15, 0.2) is 11.0 Å². The lowest BCUT2D eigenvalue weighted by molar-refractivity contribution is -0.679. The van der Waals surface area contributed by atoms with E-state index in [0.29, 0.717) is 18.2 Å². The van der Waals surface area contributed by atoms with Crippen LogP contribution in [0.25, 0.3) is 16.7 Å². The molecule has 0 bridgehead atoms. The van der Waals surface area contributed by atoms with Crippen LogP contribution in [0, 0.1) is 6.92 Å². The normalized spacial score (nSPS) is 10.5. The van der Waals surface area contributed by atoms with E-state index >= 15 is 0 Å². The van der Waals surface area contributed by atoms with Crippen molar-refractivity contribution in [2.75, 3.05) is 6.61 Å². The van der Waals surface area contributed by atoms with Crippen LogP contribution in [-0.4, -0.2) is 17.1 Å². The molecule has 6 heteroatoms. The van der Waals surface area contributed by atoms with Crippen molar-refractivity contribution in [3.63, 3.8) is 0 Å². The molecule has 4 nitrogen and oxygen atoms in total. The third-order valence-electron chi connectivity index (χ3n) is 3.82. The highest BCUT2D eigenvalue weighted by Crippen LogP contribution is 2.22. The van der Waals surface area contributed by atoms with Gasteiger partial charge in [-0.25, -0.2) is 4.57 Å². The van der Waals surface area contributed by atoms with Crippen molar-refractivity contribution in [1.82, 2.24) is 4.57 Å². The van der Waals surface area contributed by atoms with Crippen molar-refractivity contribution < 1.29 is 38.1 Å². The third kappa shape index (κ3) is 3.72. The molecule has 0 aliphatic rings. The molecule has 0 radical (unpaired) electrons. The summed E-state index contributed by atoms with van der Waals surface area (Å²) in [5.41, 5.74) is 3.18. The Kier molecular flexibility index (Phi) is 6.23. The van der Waals surface area contributed by atoms with Crippen LogP contribution in [0.1, 0.15) is 12.7 Å². The first kappa shape index (κ1) is 18.7. The zero-order valence-electron chi connectivity index (χ0n) is 13.5. The number of nitrogens with zero attached hydrogens (tertiary/aromatic N) is 2. The van der Waals surface area contributed by atoms with E-state index in [1.807, 2.05) is 36.4 Å². The quantitative estimate of drug-likeness (QED) is 0.325. The molecule has 0 saturated carbocycles. The van der Waals surface area contributed by atoms with Gasteiger partial charge in [0.25, 0.3) is 5.82 Å². The van der Waals surface area contributed by atoms with Gasteiger partial charge in [0, 0.05) is 24.9 Å². The largest absolute Gasteiger partial charge is 1.00 e. The third-order valence-corrected chi connectivity index (χ3v) is 4.05. The fraction of sp³-hybridized carbons (Fsp3) is 0.222. The van der Waals surface area contributed by atoms with Crippen molar-refractivity contribution in [1.29, 1.82) is 0 Å². The van der Waals surface area contributed by atoms with Gasteiger partial charge in [0.2, 0.25) is 0 Å². The van der Waals surface area contributed by atoms with E-state index in [9.17, 15) is 4.79 Å². The van der Waals surface area contributed by atoms with E-state index in [2.05, 4.69) is 28.2 Å². The zero-order valence-corrected chi connectivity index (χ0v) is 16.4. The summed E-state index contributed by atoms with van der Waals surface area (Å²) in [6, 6.07) is 16.0. The Bertz CT molecular complexity index is 862. The second-order valence-corrected chi connectivity index (χ2v) is 5.78. The Morgan fingerprint density at radius 1 is 1.21 bits per heavy atom. The first-order chi connectivity index (χ1) is 11.1. The highest BCUT2D eigenvalue weighted by Gasteiger charge is 2.23. The van der Waals surface area contributed by atoms with Gasteiger partial charge in [0.05, 0.1) is 0 Å². The highest BCUT2D eigenvalue weighted by atomic mass is 127. The van der Waals surface area contributed by atoms with Crippen LogP contribution in [0.5, 0.6) is 0 Å². The first-order valence-electron chi connectivity index (χ1n) is 7.47. The molecule has 0 amide bonds. The summed E-state index contributed by atoms with van der Waals surface area (Å²) in [7, 11) is 0. The molecule has 0 N–H and O–H groups in total. The number of esters is 1. The maximum absolute atomic E-state index is 11.0. The lowest BCUT2D eigenvalue weighted by atomic mass is 10.3. The van der Waals surface area contributed by atoms with Crippen molar-refractivity contribution in [3.05, 3.63) is 59.4 Å². The van der Waals surface area contributed by atoms with E-state index in [-0.39, 0.29) is 29.9 Å². The molecular weight excluding hydrogens is 439 g/mol. The van der Waals surface area contributed by atoms with Gasteiger partial charge in [-0.15, -0.1) is 0 Å². The number of benzene rings is 2. The van der Waals surface area contributed by atoms with E-state index in [1.54, 1.807) is 0 Å². The van der Waals surface area contributed by atoms with Gasteiger partial charge in [-0.05, 0) is 24.3 Å². The van der Waals surface area contributed by atoms with Gasteiger partial charge in [0.1, 0.15) is 18.8 Å². The molecule has 0 atom stereocenters. The monoisotopic (exact) mass is 456 g/mol. The zero-order chi connectivity index (χ0) is 16.4. The van der Waals surface area contributed by atoms with Crippen LogP contribution in [0.3, 0.4) is 0 Å². The van der Waals surface area contributed by atoms with Gasteiger partial charge in [-0.2, -0.15) is 4.57 Å². The number of carbonyl (C=O) groups is 1. The molecule has 0 aliphatic heterocycles. The molecule has 0 fully saturated rings. The van der Waals surface area contributed by atoms with E-state index in [0.717, 1.165) is 22.5 Å². The number of ether oxygens (including phenoxy) is 1. The number of hydrogen-bond acceptors (Lipinski definition) is 2. The summed E-state index contributed by atoms with van der Waals surface area (Å²) in [5.74, 6) is 0.786. The summed E-state index contributed by atoms with van der Waals surface area (Å²) in [6.07, 6.45) is 0. The number of rotatable bonds is 4. The number of hydrogen-bond donors (Lipinski definition) is 0. The second kappa shape index (κ2) is 7.98. The Morgan fingerprint density at radius 3 is 2.58 bits per heavy atom. The minimum absolute atomic E-state index is 0. The molecule has 1 aromatic heterocycles. The van der Waals surface area contributed by atoms with E-state index in [4.69, 9.17) is 16.3 Å². The molecule has 3 aromatic rings. The Morgan fingerprint density at radius 2 is 1.92 bits per heavy atom. The lowest BCUT2D eigenvalue weighted by Gasteiger charge is -2.02. The molecule has 0 spiro atoms. The van der Waals surface area contributed by atoms with Gasteiger partial charge in [-0.3, -0.25) is 4.79 Å². The molecule has 1 heterocycles. The van der Waals surface area contributed by atoms with Crippen LogP contribution in [0.15, 0.2) is 48.5 Å². The predicted octanol–water partition coefficient (Wildman–Crippen LogP) is 0.447. The predicted molar refractivity (Wildman–Crippen MR) is 89.9 cm³/mol. The first-order valence-corrected chi connectivity index (χ1v) is 7.85. The maximum atomic E-state index is 11.0. The summed E-state index contributed by atoms with van der Waals surface area (Å²) in [6.45, 7) is 4.39. The Labute approximate surface area is 163 Å². The summed E-state index contributed by atoms with van der Waals surface area (Å²) < 4.78 is 9.40. The summed E-state index contributed by atoms with van der Waals surface area (Å²) in [4.78, 5) is 11.0. The molecule has 2 aromatic carbocycles. The minimum atomic E-state index is -0.270. The summed E-state index contributed by atoms with van der Waals surface area (Å²) in [5, 5.41) is 0.684. The van der Waals surface area contributed by atoms with E-state index < -0.39 is 0 Å². The fourth-order valence-electron chi connectivity index (χ4n) is 2.84. The number of carbonyl (C=O) groups excluding carboxylic acids is 1. The van der Waals surface area contributed by atoms with Crippen molar-refractivity contribution in [2.45, 2.75) is 20.4 Å². The number of fused-ring (bicyclic) bond motifs is 1. The molecule has 3 rings (SSSR count). The van der Waals surface area contributed by atoms with Gasteiger partial charge >= 0.3 is 5.97 Å². The van der Waals surface area contributed by atoms with Crippen molar-refractivity contribution in [2.24, 2.45) is 0 Å². The topological polar surface area (TPSA) is 35.1 Å². The smallest absolute Gasteiger partial charge is 0.302 e. The van der Waals surface area contributed by atoms with Crippen LogP contribution in [0.4, 0.5) is 0 Å². The molecular formula is C18H18ClIN2O2. The number of imidazole rings is 1. The van der Waals surface area contributed by atoms with E-state index in [1.165, 1.54) is 6.92 Å². The van der Waals surface area contributed by atoms with Crippen LogP contribution >= 0.6 is 11.6 Å². The van der Waals surface area contributed by atoms with Crippen molar-refractivity contribution >= 4 is 28.6 Å². The van der Waals surface area contributed by atoms with Gasteiger partial charge < -0.3 is 28.7 Å². The van der Waals surface area contributed by atoms with Crippen molar-refractivity contribution in [3.8, 4) is 5.69 Å². The minimum Gasteiger partial charge on any atom is -1.00 e. The van der Waals surface area contributed by atoms with Crippen LogP contribution < -0.4 is 28.5 Å². The maximum Gasteiger partial charge on any atom is 0.302 e. The number of halogens is 2. The Balaban J connectivity index is 0.00000208. The molecule has 0 unspecified atom stereocenters. The van der Waals surface area contributed by atoms with Crippen LogP contribution in [-0.2, 0) is 16.1 Å². The lowest BCUT2D eigenvalue weighted by Crippen LogP contribution is -3.00. The summed E-state index contributed by atoms with van der Waals surface area (Å²) >= 11 is 6.17. The van der Waals surface area contributed by atoms with Crippen LogP contribution in [0.2, 0.25) is 5.02 Å². The second-order valence-electron chi connectivity index (χ2n) is 5.34. The SMILES string of the molecule is CC(=O)OCC[n+]1c(C)n(-c2ccccc2)c2ccc(Cl)cc21.[I-]. The van der Waals surface area contributed by atoms with Gasteiger partial charge in [-0.1, -0.05) is 29.8 Å². The molecule has 0 saturated heterocycles. The molecule has 24 heavy (non-hydrogen) atoms. The average molecular weight is 457 g/mol. The molecule has 0 aliphatic carbocycles. The highest BCUT2D eigenvalue weighted by molar-refractivity contribution is 6.31. The Hall–Kier alpha value is -1.60. The average Bonchev–Trinajstić information content (AvgIpc) is 2.80. The number of para-hydroxylation sites is 1. The molecule has 126 valence electrons. The number of aromatic nitrogens is 2. The fourth-order valence-corrected chi connectivity index (χ4v) is 3.00.